The van der Waals surface area contributed by atoms with Crippen molar-refractivity contribution in [3.63, 3.8) is 0 Å². The van der Waals surface area contributed by atoms with E-state index in [1.165, 1.54) is 0 Å². The van der Waals surface area contributed by atoms with Crippen LogP contribution in [0.5, 0.6) is 0 Å². The van der Waals surface area contributed by atoms with E-state index in [1.807, 2.05) is 27.7 Å². The number of carbonyl (C=O) groups excluding carboxylic acids is 2. The molecule has 1 saturated carbocycles. The van der Waals surface area contributed by atoms with Gasteiger partial charge in [-0.2, -0.15) is 0 Å². The number of amides is 2. The highest BCUT2D eigenvalue weighted by molar-refractivity contribution is 6.04. The van der Waals surface area contributed by atoms with Crippen LogP contribution in [-0.2, 0) is 9.59 Å². The minimum Gasteiger partial charge on any atom is -0.394 e. The molecule has 0 saturated heterocycles. The minimum atomic E-state index is -1.19. The summed E-state index contributed by atoms with van der Waals surface area (Å²) in [6, 6.07) is -0.891. The fourth-order valence-corrected chi connectivity index (χ4v) is 3.58. The molecule has 0 radical (unpaired) electrons. The van der Waals surface area contributed by atoms with Crippen LogP contribution in [0.2, 0.25) is 0 Å². The van der Waals surface area contributed by atoms with E-state index < -0.39 is 23.4 Å². The lowest BCUT2D eigenvalue weighted by Crippen LogP contribution is -2.60. The molecule has 134 valence electrons. The molecule has 4 N–H and O–H groups in total. The number of primary amides is 1. The summed E-state index contributed by atoms with van der Waals surface area (Å²) in [4.78, 5) is 26.9. The molecule has 1 aliphatic carbocycles. The van der Waals surface area contributed by atoms with E-state index in [1.54, 1.807) is 4.90 Å². The molecule has 1 rings (SSSR count). The largest absolute Gasteiger partial charge is 0.394 e. The first-order valence-electron chi connectivity index (χ1n) is 8.57. The van der Waals surface area contributed by atoms with Crippen LogP contribution in [0.25, 0.3) is 0 Å². The maximum atomic E-state index is 13.3. The Labute approximate surface area is 139 Å². The lowest BCUT2D eigenvalue weighted by Gasteiger charge is -2.44. The first-order valence-corrected chi connectivity index (χ1v) is 8.57. The zero-order chi connectivity index (χ0) is 17.8. The molecule has 23 heavy (non-hydrogen) atoms. The molecule has 0 aromatic carbocycles. The quantitative estimate of drug-likeness (QED) is 0.576. The fourth-order valence-electron chi connectivity index (χ4n) is 3.58. The highest BCUT2D eigenvalue weighted by Gasteiger charge is 2.51. The molecule has 6 nitrogen and oxygen atoms in total. The summed E-state index contributed by atoms with van der Waals surface area (Å²) in [5.74, 6) is -0.917. The van der Waals surface area contributed by atoms with Crippen molar-refractivity contribution in [2.24, 2.45) is 23.0 Å². The van der Waals surface area contributed by atoms with Crippen LogP contribution in [0, 0.1) is 17.3 Å². The maximum Gasteiger partial charge on any atom is 0.238 e. The average Bonchev–Trinajstić information content (AvgIpc) is 2.96. The Bertz CT molecular complexity index is 401. The Morgan fingerprint density at radius 3 is 1.65 bits per heavy atom. The Morgan fingerprint density at radius 2 is 1.39 bits per heavy atom. The van der Waals surface area contributed by atoms with Gasteiger partial charge in [-0.25, -0.2) is 0 Å². The van der Waals surface area contributed by atoms with Crippen LogP contribution in [0.4, 0.5) is 0 Å². The summed E-state index contributed by atoms with van der Waals surface area (Å²) in [5.41, 5.74) is 4.41. The van der Waals surface area contributed by atoms with E-state index in [-0.39, 0.29) is 31.0 Å². The third kappa shape index (κ3) is 3.86. The van der Waals surface area contributed by atoms with Gasteiger partial charge in [-0.3, -0.25) is 9.59 Å². The van der Waals surface area contributed by atoms with Gasteiger partial charge in [0.15, 0.2) is 0 Å². The third-order valence-corrected chi connectivity index (χ3v) is 5.20. The molecule has 1 fully saturated rings. The zero-order valence-electron chi connectivity index (χ0n) is 14.8. The zero-order valence-corrected chi connectivity index (χ0v) is 14.8. The van der Waals surface area contributed by atoms with Crippen LogP contribution in [-0.4, -0.2) is 52.2 Å². The van der Waals surface area contributed by atoms with Gasteiger partial charge in [-0.1, -0.05) is 40.5 Å². The highest BCUT2D eigenvalue weighted by atomic mass is 16.3. The van der Waals surface area contributed by atoms with Crippen LogP contribution in [0.1, 0.15) is 53.4 Å². The predicted molar refractivity (Wildman–Crippen MR) is 88.4 cm³/mol. The van der Waals surface area contributed by atoms with E-state index in [0.29, 0.717) is 12.8 Å². The molecule has 0 aliphatic heterocycles. The molecular formula is C17H32N2O4. The van der Waals surface area contributed by atoms with Crippen molar-refractivity contribution in [3.05, 3.63) is 0 Å². The van der Waals surface area contributed by atoms with E-state index in [2.05, 4.69) is 0 Å². The summed E-state index contributed by atoms with van der Waals surface area (Å²) in [6.07, 6.45) is 2.48. The second kappa shape index (κ2) is 8.11. The standard InChI is InChI=1S/C17H32N2O4/c1-11(2)13(9-20)19(14(10-21)12(3)4)16(23)17(15(18)22)7-5-6-8-17/h11-14,20-21H,5-10H2,1-4H3,(H2,18,22)/t13-,14-/m0/s1. The average molecular weight is 328 g/mol. The van der Waals surface area contributed by atoms with Crippen molar-refractivity contribution >= 4 is 11.8 Å². The number of nitrogens with zero attached hydrogens (tertiary/aromatic N) is 1. The topological polar surface area (TPSA) is 104 Å². The van der Waals surface area contributed by atoms with Gasteiger partial charge in [0, 0.05) is 0 Å². The Hall–Kier alpha value is -1.14. The minimum absolute atomic E-state index is 0.00285. The van der Waals surface area contributed by atoms with Crippen molar-refractivity contribution in [1.82, 2.24) is 4.90 Å². The van der Waals surface area contributed by atoms with Gasteiger partial charge in [-0.15, -0.1) is 0 Å². The summed E-state index contributed by atoms with van der Waals surface area (Å²) in [5, 5.41) is 19.6. The Balaban J connectivity index is 3.31. The maximum absolute atomic E-state index is 13.3. The molecular weight excluding hydrogens is 296 g/mol. The van der Waals surface area contributed by atoms with Crippen LogP contribution >= 0.6 is 0 Å². The van der Waals surface area contributed by atoms with Gasteiger partial charge in [0.1, 0.15) is 5.41 Å². The number of carbonyl (C=O) groups is 2. The van der Waals surface area contributed by atoms with Gasteiger partial charge in [0.25, 0.3) is 0 Å². The summed E-state index contributed by atoms with van der Waals surface area (Å²) >= 11 is 0. The van der Waals surface area contributed by atoms with Crippen molar-refractivity contribution in [2.45, 2.75) is 65.5 Å². The van der Waals surface area contributed by atoms with E-state index in [0.717, 1.165) is 12.8 Å². The van der Waals surface area contributed by atoms with Gasteiger partial charge in [0.2, 0.25) is 11.8 Å². The first-order chi connectivity index (χ1) is 10.7. The van der Waals surface area contributed by atoms with Gasteiger partial charge >= 0.3 is 0 Å². The molecule has 0 aromatic heterocycles. The van der Waals surface area contributed by atoms with Gasteiger partial charge in [-0.05, 0) is 24.7 Å². The molecule has 0 heterocycles. The monoisotopic (exact) mass is 328 g/mol. The van der Waals surface area contributed by atoms with E-state index in [9.17, 15) is 19.8 Å². The summed E-state index contributed by atoms with van der Waals surface area (Å²) < 4.78 is 0. The van der Waals surface area contributed by atoms with Crippen molar-refractivity contribution < 1.29 is 19.8 Å². The summed E-state index contributed by atoms with van der Waals surface area (Å²) in [7, 11) is 0. The number of hydrogen-bond acceptors (Lipinski definition) is 4. The number of aliphatic hydroxyl groups is 2. The number of aliphatic hydroxyl groups excluding tert-OH is 2. The fraction of sp³-hybridized carbons (Fsp3) is 0.882. The molecule has 2 amide bonds. The first kappa shape index (κ1) is 19.9. The van der Waals surface area contributed by atoms with Crippen LogP contribution < -0.4 is 5.73 Å². The number of rotatable bonds is 8. The second-order valence-corrected chi connectivity index (χ2v) is 7.35. The lowest BCUT2D eigenvalue weighted by atomic mass is 9.81. The molecule has 0 aromatic rings. The summed E-state index contributed by atoms with van der Waals surface area (Å²) in [6.45, 7) is 7.26. The second-order valence-electron chi connectivity index (χ2n) is 7.35. The normalized spacial score (nSPS) is 19.8. The van der Waals surface area contributed by atoms with Crippen LogP contribution in [0.3, 0.4) is 0 Å². The van der Waals surface area contributed by atoms with Crippen molar-refractivity contribution in [1.29, 1.82) is 0 Å². The number of hydrogen-bond donors (Lipinski definition) is 3. The third-order valence-electron chi connectivity index (χ3n) is 5.20. The van der Waals surface area contributed by atoms with Crippen molar-refractivity contribution in [2.75, 3.05) is 13.2 Å². The molecule has 0 bridgehead atoms. The lowest BCUT2D eigenvalue weighted by molar-refractivity contribution is -0.157. The molecule has 2 atom stereocenters. The molecule has 0 unspecified atom stereocenters. The molecule has 6 heteroatoms. The predicted octanol–water partition coefficient (Wildman–Crippen LogP) is 0.894. The van der Waals surface area contributed by atoms with Gasteiger partial charge < -0.3 is 20.8 Å². The van der Waals surface area contributed by atoms with Gasteiger partial charge in [0.05, 0.1) is 25.3 Å². The molecule has 1 aliphatic rings. The number of nitrogens with two attached hydrogens (primary N) is 1. The molecule has 0 spiro atoms. The smallest absolute Gasteiger partial charge is 0.238 e. The Kier molecular flexibility index (Phi) is 7.02. The van der Waals surface area contributed by atoms with Crippen LogP contribution in [0.15, 0.2) is 0 Å². The SMILES string of the molecule is CC(C)[C@H](CO)N(C(=O)C1(C(N)=O)CCCC1)[C@@H](CO)C(C)C. The van der Waals surface area contributed by atoms with Crippen molar-refractivity contribution in [3.8, 4) is 0 Å². The van der Waals surface area contributed by atoms with E-state index >= 15 is 0 Å². The van der Waals surface area contributed by atoms with E-state index in [4.69, 9.17) is 5.73 Å². The Morgan fingerprint density at radius 1 is 1.00 bits per heavy atom. The highest BCUT2D eigenvalue weighted by Crippen LogP contribution is 2.41.